The number of ether oxygens (including phenoxy) is 1. The van der Waals surface area contributed by atoms with Gasteiger partial charge >= 0.3 is 0 Å². The van der Waals surface area contributed by atoms with Crippen LogP contribution in [0.15, 0.2) is 34.9 Å². The van der Waals surface area contributed by atoms with Gasteiger partial charge in [0.05, 0.1) is 18.5 Å². The Morgan fingerprint density at radius 2 is 2.03 bits per heavy atom. The van der Waals surface area contributed by atoms with E-state index in [4.69, 9.17) is 9.26 Å². The molecule has 1 amide bonds. The fraction of sp³-hybridized carbons (Fsp3) is 0.615. The lowest BCUT2D eigenvalue weighted by Crippen LogP contribution is -2.50. The number of benzene rings is 1. The van der Waals surface area contributed by atoms with Crippen molar-refractivity contribution in [2.45, 2.75) is 45.4 Å². The number of nitrogens with one attached hydrogen (secondary N) is 1. The number of carbonyl (C=O) groups excluding carboxylic acids is 1. The molecule has 2 aromatic rings. The number of para-hydroxylation sites is 2. The van der Waals surface area contributed by atoms with Crippen LogP contribution in [-0.2, 0) is 17.6 Å². The van der Waals surface area contributed by atoms with Gasteiger partial charge in [0.1, 0.15) is 11.5 Å². The molecule has 180 valence electrons. The Bertz CT molecular complexity index is 891. The highest BCUT2D eigenvalue weighted by atomic mass is 16.5. The van der Waals surface area contributed by atoms with Gasteiger partial charge in [0, 0.05) is 45.1 Å². The number of amides is 1. The van der Waals surface area contributed by atoms with E-state index >= 15 is 0 Å². The number of methoxy groups -OCH3 is 1. The maximum absolute atomic E-state index is 13.2. The minimum Gasteiger partial charge on any atom is -0.495 e. The Hall–Kier alpha value is -2.54. The quantitative estimate of drug-likeness (QED) is 0.625. The van der Waals surface area contributed by atoms with E-state index in [0.29, 0.717) is 18.3 Å². The number of aryl methyl sites for hydroxylation is 1. The third-order valence-electron chi connectivity index (χ3n) is 7.12. The molecule has 7 heteroatoms. The molecule has 2 aliphatic heterocycles. The van der Waals surface area contributed by atoms with Crippen LogP contribution in [0.2, 0.25) is 0 Å². The Morgan fingerprint density at radius 1 is 1.21 bits per heavy atom. The first-order valence-electron chi connectivity index (χ1n) is 12.5. The van der Waals surface area contributed by atoms with Crippen LogP contribution in [0.4, 0.5) is 5.69 Å². The maximum atomic E-state index is 13.2. The molecule has 0 bridgehead atoms. The minimum atomic E-state index is 0.287. The monoisotopic (exact) mass is 454 g/mol. The van der Waals surface area contributed by atoms with E-state index in [0.717, 1.165) is 94.3 Å². The highest BCUT2D eigenvalue weighted by molar-refractivity contribution is 5.77. The summed E-state index contributed by atoms with van der Waals surface area (Å²) >= 11 is 0. The average Bonchev–Trinajstić information content (AvgIpc) is 3.31. The Kier molecular flexibility index (Phi) is 8.26. The molecule has 0 radical (unpaired) electrons. The first-order chi connectivity index (χ1) is 16.2. The van der Waals surface area contributed by atoms with Crippen LogP contribution in [0.25, 0.3) is 0 Å². The zero-order valence-corrected chi connectivity index (χ0v) is 20.1. The molecule has 33 heavy (non-hydrogen) atoms. The standard InChI is InChI=1S/C26H38N4O3/c1-3-4-7-23-18-22(28-33-23)16-21-19-27-11-10-20(21)17-26(31)30-14-12-29(13-15-30)24-8-5-6-9-25(24)32-2/h5-6,8-9,18,20-21,27H,3-4,7,10-17,19H2,1-2H3. The highest BCUT2D eigenvalue weighted by Crippen LogP contribution is 2.30. The van der Waals surface area contributed by atoms with E-state index in [1.165, 1.54) is 0 Å². The van der Waals surface area contributed by atoms with Gasteiger partial charge in [-0.25, -0.2) is 0 Å². The number of hydrogen-bond acceptors (Lipinski definition) is 6. The third-order valence-corrected chi connectivity index (χ3v) is 7.12. The second kappa shape index (κ2) is 11.5. The lowest BCUT2D eigenvalue weighted by molar-refractivity contribution is -0.133. The van der Waals surface area contributed by atoms with E-state index in [9.17, 15) is 4.79 Å². The molecule has 1 aromatic carbocycles. The van der Waals surface area contributed by atoms with Crippen molar-refractivity contribution in [3.8, 4) is 5.75 Å². The molecule has 0 aliphatic carbocycles. The van der Waals surface area contributed by atoms with E-state index in [-0.39, 0.29) is 5.91 Å². The smallest absolute Gasteiger partial charge is 0.222 e. The van der Waals surface area contributed by atoms with Crippen LogP contribution in [0.5, 0.6) is 5.75 Å². The van der Waals surface area contributed by atoms with E-state index in [2.05, 4.69) is 34.4 Å². The fourth-order valence-corrected chi connectivity index (χ4v) is 5.12. The van der Waals surface area contributed by atoms with Gasteiger partial charge in [-0.15, -0.1) is 0 Å². The number of hydrogen-bond donors (Lipinski definition) is 1. The summed E-state index contributed by atoms with van der Waals surface area (Å²) in [5, 5.41) is 7.82. The van der Waals surface area contributed by atoms with E-state index in [1.807, 2.05) is 23.1 Å². The van der Waals surface area contributed by atoms with Gasteiger partial charge in [0.15, 0.2) is 0 Å². The van der Waals surface area contributed by atoms with Crippen LogP contribution >= 0.6 is 0 Å². The van der Waals surface area contributed by atoms with Crippen LogP contribution in [0, 0.1) is 11.8 Å². The molecule has 1 N–H and O–H groups in total. The summed E-state index contributed by atoms with van der Waals surface area (Å²) < 4.78 is 11.0. The normalized spacial score (nSPS) is 21.3. The molecule has 7 nitrogen and oxygen atoms in total. The van der Waals surface area contributed by atoms with Crippen molar-refractivity contribution < 1.29 is 14.1 Å². The number of piperidine rings is 1. The molecule has 2 unspecified atom stereocenters. The van der Waals surface area contributed by atoms with Crippen molar-refractivity contribution in [1.82, 2.24) is 15.4 Å². The van der Waals surface area contributed by atoms with Crippen LogP contribution in [0.3, 0.4) is 0 Å². The van der Waals surface area contributed by atoms with Crippen LogP contribution < -0.4 is 15.0 Å². The highest BCUT2D eigenvalue weighted by Gasteiger charge is 2.31. The lowest BCUT2D eigenvalue weighted by Gasteiger charge is -2.38. The van der Waals surface area contributed by atoms with Crippen molar-refractivity contribution >= 4 is 11.6 Å². The molecule has 1 aromatic heterocycles. The molecule has 0 saturated carbocycles. The van der Waals surface area contributed by atoms with Gasteiger partial charge in [-0.1, -0.05) is 30.6 Å². The van der Waals surface area contributed by atoms with Crippen molar-refractivity contribution in [1.29, 1.82) is 0 Å². The van der Waals surface area contributed by atoms with Gasteiger partial charge in [0.2, 0.25) is 5.91 Å². The Labute approximate surface area is 197 Å². The molecule has 2 aliphatic rings. The number of nitrogens with zero attached hydrogens (tertiary/aromatic N) is 3. The van der Waals surface area contributed by atoms with Crippen molar-refractivity contribution in [2.75, 3.05) is 51.3 Å². The van der Waals surface area contributed by atoms with Crippen molar-refractivity contribution in [3.63, 3.8) is 0 Å². The Morgan fingerprint density at radius 3 is 2.82 bits per heavy atom. The van der Waals surface area contributed by atoms with Crippen LogP contribution in [-0.4, -0.2) is 62.3 Å². The molecular formula is C26H38N4O3. The molecule has 4 rings (SSSR count). The number of unbranched alkanes of at least 4 members (excludes halogenated alkanes) is 1. The van der Waals surface area contributed by atoms with Crippen molar-refractivity contribution in [3.05, 3.63) is 41.8 Å². The second-order valence-corrected chi connectivity index (χ2v) is 9.35. The summed E-state index contributed by atoms with van der Waals surface area (Å²) in [5.74, 6) is 2.97. The topological polar surface area (TPSA) is 70.8 Å². The van der Waals surface area contributed by atoms with Gasteiger partial charge in [-0.3, -0.25) is 4.79 Å². The predicted octanol–water partition coefficient (Wildman–Crippen LogP) is 3.53. The summed E-state index contributed by atoms with van der Waals surface area (Å²) in [4.78, 5) is 17.5. The molecule has 2 atom stereocenters. The number of aromatic nitrogens is 1. The number of carbonyl (C=O) groups is 1. The Balaban J connectivity index is 1.30. The maximum Gasteiger partial charge on any atom is 0.222 e. The largest absolute Gasteiger partial charge is 0.495 e. The third kappa shape index (κ3) is 6.08. The molecule has 3 heterocycles. The average molecular weight is 455 g/mol. The zero-order chi connectivity index (χ0) is 23.0. The van der Waals surface area contributed by atoms with Crippen LogP contribution in [0.1, 0.15) is 44.1 Å². The lowest BCUT2D eigenvalue weighted by atomic mass is 9.81. The number of piperazine rings is 1. The van der Waals surface area contributed by atoms with E-state index < -0.39 is 0 Å². The summed E-state index contributed by atoms with van der Waals surface area (Å²) in [6.07, 6.45) is 5.78. The summed E-state index contributed by atoms with van der Waals surface area (Å²) in [6.45, 7) is 7.30. The molecule has 0 spiro atoms. The first kappa shape index (κ1) is 23.6. The molecule has 2 fully saturated rings. The minimum absolute atomic E-state index is 0.287. The van der Waals surface area contributed by atoms with E-state index in [1.54, 1.807) is 7.11 Å². The zero-order valence-electron chi connectivity index (χ0n) is 20.1. The van der Waals surface area contributed by atoms with Gasteiger partial charge in [0.25, 0.3) is 0 Å². The van der Waals surface area contributed by atoms with Gasteiger partial charge in [-0.2, -0.15) is 0 Å². The predicted molar refractivity (Wildman–Crippen MR) is 130 cm³/mol. The summed E-state index contributed by atoms with van der Waals surface area (Å²) in [7, 11) is 1.71. The summed E-state index contributed by atoms with van der Waals surface area (Å²) in [6, 6.07) is 10.2. The van der Waals surface area contributed by atoms with Gasteiger partial charge in [-0.05, 0) is 56.3 Å². The van der Waals surface area contributed by atoms with Crippen molar-refractivity contribution in [2.24, 2.45) is 11.8 Å². The summed E-state index contributed by atoms with van der Waals surface area (Å²) in [5.41, 5.74) is 2.13. The molecule has 2 saturated heterocycles. The van der Waals surface area contributed by atoms with Gasteiger partial charge < -0.3 is 24.4 Å². The number of anilines is 1. The second-order valence-electron chi connectivity index (χ2n) is 9.35. The fourth-order valence-electron chi connectivity index (χ4n) is 5.12. The first-order valence-corrected chi connectivity index (χ1v) is 12.5. The SMILES string of the molecule is CCCCc1cc(CC2CNCCC2CC(=O)N2CCN(c3ccccc3OC)CC2)no1. The molecular weight excluding hydrogens is 416 g/mol. The number of rotatable bonds is 9.